The molecule has 0 aliphatic rings. The summed E-state index contributed by atoms with van der Waals surface area (Å²) < 4.78 is 0.933. The fourth-order valence-corrected chi connectivity index (χ4v) is 0.686. The number of rotatable bonds is 0. The number of anilines is 1. The van der Waals surface area contributed by atoms with Crippen molar-refractivity contribution in [2.45, 2.75) is 0 Å². The number of nitrogens with two attached hydrogens (primary N) is 1. The molecular weight excluding hydrogens is 148 g/mol. The van der Waals surface area contributed by atoms with Gasteiger partial charge in [0.05, 0.1) is 0 Å². The summed E-state index contributed by atoms with van der Waals surface area (Å²) in [5.74, 6) is 0.0920. The summed E-state index contributed by atoms with van der Waals surface area (Å²) in [5.41, 5.74) is 4.89. The number of nitrogens with one attached hydrogen (secondary N) is 2. The lowest BCUT2D eigenvalue weighted by Crippen LogP contribution is -2.27. The number of aromatic amines is 1. The Balaban J connectivity index is 3.13. The van der Waals surface area contributed by atoms with Crippen LogP contribution in [0.4, 0.5) is 10.6 Å². The molecule has 0 aliphatic heterocycles. The molecule has 0 atom stereocenters. The van der Waals surface area contributed by atoms with Crippen molar-refractivity contribution in [3.05, 3.63) is 16.4 Å². The molecule has 11 heavy (non-hydrogen) atoms. The Morgan fingerprint density at radius 1 is 1.82 bits per heavy atom. The van der Waals surface area contributed by atoms with Crippen molar-refractivity contribution in [2.24, 2.45) is 0 Å². The van der Waals surface area contributed by atoms with Crippen molar-refractivity contribution < 1.29 is 4.79 Å². The minimum absolute atomic E-state index is 0.0920. The monoisotopic (exact) mass is 156 g/mol. The highest BCUT2D eigenvalue weighted by Crippen LogP contribution is 1.92. The fraction of sp³-hybridized carbons (Fsp3) is 0.200. The highest BCUT2D eigenvalue weighted by atomic mass is 16.2. The van der Waals surface area contributed by atoms with E-state index >= 15 is 0 Å². The van der Waals surface area contributed by atoms with Crippen LogP contribution in [0.15, 0.2) is 10.9 Å². The predicted octanol–water partition coefficient (Wildman–Crippen LogP) is -1.05. The third kappa shape index (κ3) is 1.23. The molecule has 0 spiro atoms. The number of nitrogen functional groups attached to an aromatic ring is 1. The molecule has 1 amide bonds. The molecule has 0 aromatic carbocycles. The molecule has 1 rings (SSSR count). The lowest BCUT2D eigenvalue weighted by Gasteiger charge is -1.99. The van der Waals surface area contributed by atoms with Gasteiger partial charge in [-0.25, -0.2) is 4.79 Å². The molecule has 0 saturated heterocycles. The number of carbonyl (C=O) groups is 1. The van der Waals surface area contributed by atoms with Crippen LogP contribution in [0.5, 0.6) is 0 Å². The third-order valence-electron chi connectivity index (χ3n) is 1.18. The van der Waals surface area contributed by atoms with E-state index in [9.17, 15) is 9.59 Å². The predicted molar refractivity (Wildman–Crippen MR) is 39.3 cm³/mol. The Morgan fingerprint density at radius 2 is 2.45 bits per heavy atom. The van der Waals surface area contributed by atoms with Crippen LogP contribution in [0.25, 0.3) is 0 Å². The maximum absolute atomic E-state index is 10.8. The Morgan fingerprint density at radius 3 is 2.82 bits per heavy atom. The largest absolute Gasteiger partial charge is 0.383 e. The van der Waals surface area contributed by atoms with Crippen LogP contribution in [0.1, 0.15) is 0 Å². The van der Waals surface area contributed by atoms with Crippen LogP contribution >= 0.6 is 0 Å². The van der Waals surface area contributed by atoms with Gasteiger partial charge in [0.1, 0.15) is 5.82 Å². The summed E-state index contributed by atoms with van der Waals surface area (Å²) in [7, 11) is 1.44. The number of hydrogen-bond acceptors (Lipinski definition) is 3. The van der Waals surface area contributed by atoms with Crippen molar-refractivity contribution in [3.63, 3.8) is 0 Å². The highest BCUT2D eigenvalue weighted by Gasteiger charge is 2.05. The lowest BCUT2D eigenvalue weighted by atomic mass is 10.6. The first-order valence-electron chi connectivity index (χ1n) is 2.95. The lowest BCUT2D eigenvalue weighted by molar-refractivity contribution is 0.242. The van der Waals surface area contributed by atoms with Crippen LogP contribution in [0.2, 0.25) is 0 Å². The number of hydrogen-bond donors (Lipinski definition) is 3. The van der Waals surface area contributed by atoms with Gasteiger partial charge in [-0.2, -0.15) is 4.68 Å². The van der Waals surface area contributed by atoms with E-state index in [0.717, 1.165) is 10.7 Å². The van der Waals surface area contributed by atoms with Gasteiger partial charge in [-0.05, 0) is 0 Å². The molecule has 0 saturated carbocycles. The van der Waals surface area contributed by atoms with E-state index in [4.69, 9.17) is 5.73 Å². The van der Waals surface area contributed by atoms with Crippen molar-refractivity contribution in [1.82, 2.24) is 15.1 Å². The number of H-pyrrole nitrogens is 1. The molecule has 1 aromatic heterocycles. The smallest absolute Gasteiger partial charge is 0.342 e. The Labute approximate surface area is 62.0 Å². The number of amides is 1. The van der Waals surface area contributed by atoms with Gasteiger partial charge in [0, 0.05) is 13.1 Å². The van der Waals surface area contributed by atoms with Gasteiger partial charge in [-0.1, -0.05) is 0 Å². The summed E-state index contributed by atoms with van der Waals surface area (Å²) >= 11 is 0. The molecular formula is C5H8N4O2. The van der Waals surface area contributed by atoms with E-state index in [2.05, 4.69) is 10.4 Å². The molecule has 60 valence electrons. The second-order valence-corrected chi connectivity index (χ2v) is 1.94. The zero-order valence-corrected chi connectivity index (χ0v) is 5.92. The van der Waals surface area contributed by atoms with Crippen LogP contribution in [-0.4, -0.2) is 22.9 Å². The van der Waals surface area contributed by atoms with Crippen LogP contribution in [0, 0.1) is 0 Å². The van der Waals surface area contributed by atoms with E-state index < -0.39 is 11.6 Å². The molecule has 6 heteroatoms. The van der Waals surface area contributed by atoms with Crippen molar-refractivity contribution >= 4 is 11.8 Å². The Bertz CT molecular complexity index is 323. The summed E-state index contributed by atoms with van der Waals surface area (Å²) in [4.78, 5) is 21.4. The van der Waals surface area contributed by atoms with Gasteiger partial charge in [-0.15, -0.1) is 0 Å². The minimum atomic E-state index is -0.468. The minimum Gasteiger partial charge on any atom is -0.383 e. The first kappa shape index (κ1) is 7.39. The average Bonchev–Trinajstić information content (AvgIpc) is 2.28. The second-order valence-electron chi connectivity index (χ2n) is 1.94. The van der Waals surface area contributed by atoms with E-state index in [1.807, 2.05) is 0 Å². The first-order chi connectivity index (χ1) is 5.15. The second kappa shape index (κ2) is 2.49. The van der Waals surface area contributed by atoms with Gasteiger partial charge >= 0.3 is 6.03 Å². The summed E-state index contributed by atoms with van der Waals surface area (Å²) in [6.07, 6.45) is 0. The maximum atomic E-state index is 10.8. The molecule has 1 aromatic rings. The maximum Gasteiger partial charge on any atom is 0.342 e. The van der Waals surface area contributed by atoms with Gasteiger partial charge in [-0.3, -0.25) is 9.89 Å². The van der Waals surface area contributed by atoms with Gasteiger partial charge in [0.2, 0.25) is 0 Å². The normalized spacial score (nSPS) is 9.55. The molecule has 0 aliphatic carbocycles. The van der Waals surface area contributed by atoms with E-state index in [1.54, 1.807) is 0 Å². The number of aromatic nitrogens is 2. The van der Waals surface area contributed by atoms with E-state index in [1.165, 1.54) is 7.05 Å². The molecule has 0 fully saturated rings. The Hall–Kier alpha value is -1.72. The molecule has 0 radical (unpaired) electrons. The van der Waals surface area contributed by atoms with Gasteiger partial charge in [0.15, 0.2) is 0 Å². The molecule has 0 bridgehead atoms. The van der Waals surface area contributed by atoms with Crippen LogP contribution < -0.4 is 16.6 Å². The molecule has 4 N–H and O–H groups in total. The SMILES string of the molecule is CNC(=O)n1[nH]c(=O)cc1N. The zero-order valence-electron chi connectivity index (χ0n) is 5.92. The highest BCUT2D eigenvalue weighted by molar-refractivity contribution is 5.78. The van der Waals surface area contributed by atoms with Crippen LogP contribution in [0.3, 0.4) is 0 Å². The molecule has 6 nitrogen and oxygen atoms in total. The first-order valence-corrected chi connectivity index (χ1v) is 2.95. The molecule has 1 heterocycles. The number of carbonyl (C=O) groups excluding carboxylic acids is 1. The summed E-state index contributed by atoms with van der Waals surface area (Å²) in [5, 5.41) is 4.53. The average molecular weight is 156 g/mol. The summed E-state index contributed by atoms with van der Waals surface area (Å²) in [6.45, 7) is 0. The quantitative estimate of drug-likeness (QED) is 0.447. The summed E-state index contributed by atoms with van der Waals surface area (Å²) in [6, 6.07) is 0.666. The Kier molecular flexibility index (Phi) is 1.67. The third-order valence-corrected chi connectivity index (χ3v) is 1.18. The van der Waals surface area contributed by atoms with Gasteiger partial charge < -0.3 is 11.1 Å². The fourth-order valence-electron chi connectivity index (χ4n) is 0.686. The number of nitrogens with zero attached hydrogens (tertiary/aromatic N) is 1. The topological polar surface area (TPSA) is 92.9 Å². The zero-order chi connectivity index (χ0) is 8.43. The van der Waals surface area contributed by atoms with Crippen molar-refractivity contribution in [2.75, 3.05) is 12.8 Å². The van der Waals surface area contributed by atoms with Gasteiger partial charge in [0.25, 0.3) is 5.56 Å². The van der Waals surface area contributed by atoms with E-state index in [-0.39, 0.29) is 5.82 Å². The van der Waals surface area contributed by atoms with Crippen molar-refractivity contribution in [3.8, 4) is 0 Å². The van der Waals surface area contributed by atoms with Crippen LogP contribution in [-0.2, 0) is 0 Å². The molecule has 0 unspecified atom stereocenters. The van der Waals surface area contributed by atoms with E-state index in [0.29, 0.717) is 0 Å². The van der Waals surface area contributed by atoms with Crippen molar-refractivity contribution in [1.29, 1.82) is 0 Å². The standard InChI is InChI=1S/C5H8N4O2/c1-7-5(11)9-3(6)2-4(10)8-9/h2H,6H2,1H3,(H,7,11)(H,8,10).